The van der Waals surface area contributed by atoms with Crippen LogP contribution in [-0.2, 0) is 6.54 Å². The Morgan fingerprint density at radius 2 is 1.77 bits per heavy atom. The van der Waals surface area contributed by atoms with E-state index in [0.717, 1.165) is 37.0 Å². The summed E-state index contributed by atoms with van der Waals surface area (Å²) in [7, 11) is 2.07. The summed E-state index contributed by atoms with van der Waals surface area (Å²) in [6.45, 7) is 1.95. The molecule has 4 heterocycles. The fourth-order valence-electron chi connectivity index (χ4n) is 5.15. The van der Waals surface area contributed by atoms with Gasteiger partial charge in [-0.05, 0) is 68.9 Å². The van der Waals surface area contributed by atoms with E-state index in [-0.39, 0.29) is 30.0 Å². The van der Waals surface area contributed by atoms with Crippen molar-refractivity contribution in [1.82, 2.24) is 29.2 Å². The molecule has 11 heteroatoms. The largest absolute Gasteiger partial charge is 0.415 e. The zero-order valence-corrected chi connectivity index (χ0v) is 21.1. The summed E-state index contributed by atoms with van der Waals surface area (Å²) in [6.07, 6.45) is 0.260. The number of hydrogen-bond donors (Lipinski definition) is 0. The van der Waals surface area contributed by atoms with Crippen LogP contribution in [0.25, 0.3) is 33.6 Å². The van der Waals surface area contributed by atoms with E-state index in [1.165, 1.54) is 12.3 Å². The van der Waals surface area contributed by atoms with Crippen LogP contribution in [0.3, 0.4) is 0 Å². The minimum Gasteiger partial charge on any atom is -0.415 e. The maximum absolute atomic E-state index is 14.6. The van der Waals surface area contributed by atoms with E-state index < -0.39 is 12.3 Å². The molecule has 1 aliphatic rings. The molecule has 5 aromatic rings. The lowest BCUT2D eigenvalue weighted by atomic mass is 10.0. The molecule has 0 N–H and O–H groups in total. The van der Waals surface area contributed by atoms with Crippen LogP contribution in [0.15, 0.2) is 70.0 Å². The van der Waals surface area contributed by atoms with Crippen molar-refractivity contribution in [3.05, 3.63) is 88.7 Å². The van der Waals surface area contributed by atoms with Crippen molar-refractivity contribution >= 4 is 11.0 Å². The van der Waals surface area contributed by atoms with Gasteiger partial charge in [-0.3, -0.25) is 14.1 Å². The number of pyridine rings is 1. The number of fused-ring (bicyclic) bond motifs is 1. The van der Waals surface area contributed by atoms with Crippen LogP contribution >= 0.6 is 0 Å². The van der Waals surface area contributed by atoms with Gasteiger partial charge in [0, 0.05) is 17.8 Å². The Hall–Kier alpha value is -4.25. The number of hydrogen-bond acceptors (Lipinski definition) is 6. The van der Waals surface area contributed by atoms with E-state index in [0.29, 0.717) is 22.4 Å². The van der Waals surface area contributed by atoms with Crippen molar-refractivity contribution in [1.29, 1.82) is 0 Å². The van der Waals surface area contributed by atoms with Gasteiger partial charge >= 0.3 is 12.1 Å². The molecule has 0 spiro atoms. The predicted molar refractivity (Wildman–Crippen MR) is 139 cm³/mol. The lowest BCUT2D eigenvalue weighted by Gasteiger charge is -2.29. The molecule has 0 saturated carbocycles. The van der Waals surface area contributed by atoms with E-state index in [4.69, 9.17) is 4.42 Å². The highest BCUT2D eigenvalue weighted by Gasteiger charge is 2.25. The summed E-state index contributed by atoms with van der Waals surface area (Å²) in [6, 6.07) is 15.5. The van der Waals surface area contributed by atoms with Crippen LogP contribution in [0.1, 0.15) is 36.9 Å². The number of rotatable bonds is 6. The number of benzene rings is 2. The standard InChI is InChI=1S/C28H25F3N6O2/c1-35-12-10-20(11-13-35)37-24-14-17(21-4-2-3-5-22(21)29)7-9-23(24)36(28(37)38)16-19-8-6-18(15-32-19)26-33-34-27(39-26)25(30)31/h2-9,14-15,20,25H,10-13,16H2,1H3. The Kier molecular flexibility index (Phi) is 6.51. The first-order chi connectivity index (χ1) is 18.9. The molecule has 0 amide bonds. The number of halogens is 3. The van der Waals surface area contributed by atoms with Crippen LogP contribution in [0.5, 0.6) is 0 Å². The smallest absolute Gasteiger partial charge is 0.329 e. The molecular formula is C28H25F3N6O2. The van der Waals surface area contributed by atoms with Crippen LogP contribution in [0.4, 0.5) is 13.2 Å². The lowest BCUT2D eigenvalue weighted by molar-refractivity contribution is 0.116. The molecule has 6 rings (SSSR count). The minimum absolute atomic E-state index is 0.0187. The van der Waals surface area contributed by atoms with E-state index in [9.17, 15) is 18.0 Å². The highest BCUT2D eigenvalue weighted by Crippen LogP contribution is 2.30. The molecule has 1 saturated heterocycles. The van der Waals surface area contributed by atoms with Gasteiger partial charge in [-0.25, -0.2) is 9.18 Å². The molecule has 0 aliphatic carbocycles. The van der Waals surface area contributed by atoms with Crippen molar-refractivity contribution in [3.63, 3.8) is 0 Å². The summed E-state index contributed by atoms with van der Waals surface area (Å²) in [5.41, 5.74) is 3.48. The molecule has 1 fully saturated rings. The first-order valence-corrected chi connectivity index (χ1v) is 12.6. The summed E-state index contributed by atoms with van der Waals surface area (Å²) < 4.78 is 48.7. The van der Waals surface area contributed by atoms with E-state index in [2.05, 4.69) is 27.1 Å². The van der Waals surface area contributed by atoms with Crippen molar-refractivity contribution in [2.45, 2.75) is 31.9 Å². The molecule has 2 aromatic carbocycles. The second kappa shape index (κ2) is 10.1. The number of imidazole rings is 1. The lowest BCUT2D eigenvalue weighted by Crippen LogP contribution is -2.36. The van der Waals surface area contributed by atoms with Crippen molar-refractivity contribution in [2.24, 2.45) is 0 Å². The van der Waals surface area contributed by atoms with Crippen LogP contribution in [0, 0.1) is 5.82 Å². The van der Waals surface area contributed by atoms with Gasteiger partial charge in [0.25, 0.3) is 5.89 Å². The van der Waals surface area contributed by atoms with Crippen LogP contribution in [0.2, 0.25) is 0 Å². The number of alkyl halides is 2. The molecule has 1 aliphatic heterocycles. The van der Waals surface area contributed by atoms with Crippen molar-refractivity contribution in [3.8, 4) is 22.6 Å². The zero-order chi connectivity index (χ0) is 27.1. The normalized spacial score (nSPS) is 15.0. The maximum Gasteiger partial charge on any atom is 0.329 e. The van der Waals surface area contributed by atoms with Gasteiger partial charge in [-0.1, -0.05) is 24.3 Å². The van der Waals surface area contributed by atoms with Gasteiger partial charge in [0.05, 0.1) is 28.8 Å². The van der Waals surface area contributed by atoms with Crippen molar-refractivity contribution < 1.29 is 17.6 Å². The van der Waals surface area contributed by atoms with Gasteiger partial charge < -0.3 is 9.32 Å². The molecular weight excluding hydrogens is 509 g/mol. The molecule has 0 bridgehead atoms. The summed E-state index contributed by atoms with van der Waals surface area (Å²) >= 11 is 0. The third-order valence-electron chi connectivity index (χ3n) is 7.22. The molecule has 3 aromatic heterocycles. The molecule has 0 atom stereocenters. The number of nitrogens with zero attached hydrogens (tertiary/aromatic N) is 6. The SMILES string of the molecule is CN1CCC(n2c(=O)n(Cc3ccc(-c4nnc(C(F)F)o4)cn3)c3ccc(-c4ccccc4F)cc32)CC1. The average molecular weight is 535 g/mol. The second-order valence-corrected chi connectivity index (χ2v) is 9.74. The number of piperidine rings is 1. The van der Waals surface area contributed by atoms with Gasteiger partial charge in [0.2, 0.25) is 5.89 Å². The van der Waals surface area contributed by atoms with Crippen molar-refractivity contribution in [2.75, 3.05) is 20.1 Å². The monoisotopic (exact) mass is 534 g/mol. The maximum atomic E-state index is 14.6. The average Bonchev–Trinajstić information content (AvgIpc) is 3.54. The molecule has 0 unspecified atom stereocenters. The minimum atomic E-state index is -2.86. The Bertz CT molecular complexity index is 1680. The molecule has 0 radical (unpaired) electrons. The summed E-state index contributed by atoms with van der Waals surface area (Å²) in [4.78, 5) is 20.5. The molecule has 39 heavy (non-hydrogen) atoms. The fourth-order valence-corrected chi connectivity index (χ4v) is 5.15. The third-order valence-corrected chi connectivity index (χ3v) is 7.22. The van der Waals surface area contributed by atoms with Crippen LogP contribution in [-0.4, -0.2) is 49.4 Å². The highest BCUT2D eigenvalue weighted by molar-refractivity contribution is 5.83. The fraction of sp³-hybridized carbons (Fsp3) is 0.286. The highest BCUT2D eigenvalue weighted by atomic mass is 19.3. The predicted octanol–water partition coefficient (Wildman–Crippen LogP) is 5.31. The zero-order valence-electron chi connectivity index (χ0n) is 21.1. The van der Waals surface area contributed by atoms with Gasteiger partial charge in [0.1, 0.15) is 5.82 Å². The van der Waals surface area contributed by atoms with Gasteiger partial charge in [0.15, 0.2) is 0 Å². The second-order valence-electron chi connectivity index (χ2n) is 9.74. The quantitative estimate of drug-likeness (QED) is 0.294. The van der Waals surface area contributed by atoms with E-state index in [1.807, 2.05) is 22.8 Å². The summed E-state index contributed by atoms with van der Waals surface area (Å²) in [5.74, 6) is -1.13. The Morgan fingerprint density at radius 3 is 2.46 bits per heavy atom. The topological polar surface area (TPSA) is 82.0 Å². The van der Waals surface area contributed by atoms with Gasteiger partial charge in [-0.2, -0.15) is 8.78 Å². The Morgan fingerprint density at radius 1 is 1.00 bits per heavy atom. The molecule has 8 nitrogen and oxygen atoms in total. The van der Waals surface area contributed by atoms with Gasteiger partial charge in [-0.15, -0.1) is 10.2 Å². The Labute approximate surface area is 221 Å². The molecule has 200 valence electrons. The first-order valence-electron chi connectivity index (χ1n) is 12.6. The summed E-state index contributed by atoms with van der Waals surface area (Å²) in [5, 5.41) is 7.00. The first kappa shape index (κ1) is 25.1. The van der Waals surface area contributed by atoms with Crippen LogP contribution < -0.4 is 5.69 Å². The number of aromatic nitrogens is 5. The van der Waals surface area contributed by atoms with E-state index in [1.54, 1.807) is 34.9 Å². The third kappa shape index (κ3) is 4.74. The Balaban J connectivity index is 1.39. The van der Waals surface area contributed by atoms with E-state index >= 15 is 0 Å². The number of likely N-dealkylation sites (tertiary alicyclic amines) is 1.